The van der Waals surface area contributed by atoms with Crippen molar-refractivity contribution >= 4 is 23.9 Å². The highest BCUT2D eigenvalue weighted by Crippen LogP contribution is 2.47. The largest absolute Gasteiger partial charge is 0.508 e. The first-order valence-electron chi connectivity index (χ1n) is 21.3. The van der Waals surface area contributed by atoms with Crippen LogP contribution >= 0.6 is 0 Å². The van der Waals surface area contributed by atoms with Gasteiger partial charge in [-0.25, -0.2) is 0 Å². The number of benzene rings is 4. The molecule has 2 aliphatic carbocycles. The van der Waals surface area contributed by atoms with E-state index < -0.39 is 11.9 Å². The molecule has 0 spiro atoms. The Morgan fingerprint density at radius 1 is 0.879 bits per heavy atom. The van der Waals surface area contributed by atoms with Crippen molar-refractivity contribution < 1.29 is 19.5 Å². The second-order valence-electron chi connectivity index (χ2n) is 17.5. The van der Waals surface area contributed by atoms with Crippen LogP contribution in [0.3, 0.4) is 0 Å². The number of carbonyl (C=O) groups excluding carboxylic acids is 3. The molecule has 3 fully saturated rings. The van der Waals surface area contributed by atoms with E-state index >= 15 is 0 Å². The highest BCUT2D eigenvalue weighted by Gasteiger charge is 2.37. The number of allylic oxidation sites excluding steroid dienone is 1. The third-order valence-electron chi connectivity index (χ3n) is 13.8. The minimum atomic E-state index is -0.817. The van der Waals surface area contributed by atoms with Gasteiger partial charge in [-0.2, -0.15) is 0 Å². The molecule has 3 unspecified atom stereocenters. The first kappa shape index (κ1) is 38.3. The monoisotopic (exact) mass is 777 g/mol. The Balaban J connectivity index is 0.749. The maximum Gasteiger partial charge on any atom is 0.261 e. The Bertz CT molecular complexity index is 2190. The molecule has 3 amide bonds. The zero-order valence-electron chi connectivity index (χ0n) is 33.5. The molecule has 3 N–H and O–H groups in total. The van der Waals surface area contributed by atoms with Gasteiger partial charge in [-0.3, -0.25) is 24.2 Å². The summed E-state index contributed by atoms with van der Waals surface area (Å²) in [4.78, 5) is 44.4. The molecule has 4 aromatic carbocycles. The molecule has 3 atom stereocenters. The summed E-state index contributed by atoms with van der Waals surface area (Å²) in [6.07, 6.45) is 8.10. The van der Waals surface area contributed by atoms with Crippen molar-refractivity contribution in [2.24, 2.45) is 5.92 Å². The van der Waals surface area contributed by atoms with Crippen molar-refractivity contribution in [2.75, 3.05) is 24.5 Å². The normalized spacial score (nSPS) is 24.7. The van der Waals surface area contributed by atoms with Gasteiger partial charge >= 0.3 is 0 Å². The Labute approximate surface area is 342 Å². The van der Waals surface area contributed by atoms with Crippen LogP contribution in [0.25, 0.3) is 0 Å². The summed E-state index contributed by atoms with van der Waals surface area (Å²) in [5.74, 6) is 0.893. The van der Waals surface area contributed by atoms with Crippen molar-refractivity contribution in [3.05, 3.63) is 142 Å². The van der Waals surface area contributed by atoms with Gasteiger partial charge in [0.15, 0.2) is 0 Å². The number of imide groups is 1. The fourth-order valence-electron chi connectivity index (χ4n) is 10.6. The molecule has 0 aromatic heterocycles. The van der Waals surface area contributed by atoms with Gasteiger partial charge in [0.1, 0.15) is 11.8 Å². The van der Waals surface area contributed by atoms with E-state index in [4.69, 9.17) is 0 Å². The molecule has 58 heavy (non-hydrogen) atoms. The summed E-state index contributed by atoms with van der Waals surface area (Å²) in [7, 11) is 0. The molecule has 300 valence electrons. The van der Waals surface area contributed by atoms with Crippen molar-refractivity contribution in [3.63, 3.8) is 0 Å². The van der Waals surface area contributed by atoms with E-state index in [1.807, 2.05) is 25.1 Å². The maximum atomic E-state index is 13.6. The summed E-state index contributed by atoms with van der Waals surface area (Å²) >= 11 is 0. The maximum absolute atomic E-state index is 13.6. The number of nitrogens with one attached hydrogen (secondary N) is 2. The van der Waals surface area contributed by atoms with Crippen LogP contribution in [0.1, 0.15) is 106 Å². The quantitative estimate of drug-likeness (QED) is 0.145. The van der Waals surface area contributed by atoms with Gasteiger partial charge in [0, 0.05) is 73.6 Å². The zero-order valence-corrected chi connectivity index (χ0v) is 33.5. The summed E-state index contributed by atoms with van der Waals surface area (Å²) < 4.78 is 0. The molecule has 2 saturated heterocycles. The molecule has 9 heteroatoms. The van der Waals surface area contributed by atoms with Crippen molar-refractivity contribution in [1.29, 1.82) is 0 Å². The number of amides is 3. The van der Waals surface area contributed by atoms with E-state index in [0.29, 0.717) is 60.2 Å². The number of piperidine rings is 1. The standard InChI is InChI=1S/C49H55N5O4/c1-31-22-37-28-53(29-38(37)24-45(31)49(58)54(30-55)46-21-8-32(2)51-48(46)57)41-16-12-39(13-17-41)50-25-33-26-52(27-33)40-14-9-35(10-15-40)47-43(34-6-4-3-5-7-34)19-11-36-23-42(56)18-20-44(36)47/h3-7,9-10,14-15,18,20,22-24,30,33,39,41,43,46-47,50,56H,2,8,11-13,16-17,19,21,25-29H2,1H3,(H,51,57). The molecule has 1 saturated carbocycles. The average molecular weight is 778 g/mol. The number of hydrogen-bond acceptors (Lipinski definition) is 7. The minimum absolute atomic E-state index is 0.262. The predicted octanol–water partition coefficient (Wildman–Crippen LogP) is 7.31. The molecular weight excluding hydrogens is 723 g/mol. The van der Waals surface area contributed by atoms with Crippen LogP contribution in [0, 0.1) is 12.8 Å². The summed E-state index contributed by atoms with van der Waals surface area (Å²) in [6.45, 7) is 10.6. The smallest absolute Gasteiger partial charge is 0.261 e. The molecule has 0 radical (unpaired) electrons. The molecule has 5 aliphatic rings. The molecule has 0 bridgehead atoms. The lowest BCUT2D eigenvalue weighted by Gasteiger charge is -2.43. The average Bonchev–Trinajstić information content (AvgIpc) is 3.64. The van der Waals surface area contributed by atoms with Gasteiger partial charge in [-0.15, -0.1) is 0 Å². The van der Waals surface area contributed by atoms with Crippen LogP contribution in [0.4, 0.5) is 5.69 Å². The molecule has 4 aromatic rings. The number of aromatic hydroxyl groups is 1. The van der Waals surface area contributed by atoms with E-state index in [0.717, 1.165) is 87.3 Å². The second kappa shape index (κ2) is 16.2. The fraction of sp³-hybridized carbons (Fsp3) is 0.408. The summed E-state index contributed by atoms with van der Waals surface area (Å²) in [5, 5.41) is 16.8. The number of hydrogen-bond donors (Lipinski definition) is 3. The van der Waals surface area contributed by atoms with E-state index in [1.165, 1.54) is 33.5 Å². The first-order valence-corrected chi connectivity index (χ1v) is 21.3. The van der Waals surface area contributed by atoms with Crippen LogP contribution in [0.15, 0.2) is 97.2 Å². The summed E-state index contributed by atoms with van der Waals surface area (Å²) in [6, 6.07) is 30.4. The lowest BCUT2D eigenvalue weighted by molar-refractivity contribution is -0.131. The van der Waals surface area contributed by atoms with Gasteiger partial charge in [-0.1, -0.05) is 61.2 Å². The molecule has 9 nitrogen and oxygen atoms in total. The van der Waals surface area contributed by atoms with Crippen LogP contribution < -0.4 is 15.5 Å². The Kier molecular flexibility index (Phi) is 10.7. The number of fused-ring (bicyclic) bond motifs is 2. The van der Waals surface area contributed by atoms with Gasteiger partial charge in [0.05, 0.1) is 0 Å². The van der Waals surface area contributed by atoms with E-state index in [9.17, 15) is 19.5 Å². The number of phenolic OH excluding ortho intramolecular Hbond substituents is 1. The lowest BCUT2D eigenvalue weighted by atomic mass is 9.69. The first-order chi connectivity index (χ1) is 28.2. The number of phenols is 1. The number of anilines is 1. The topological polar surface area (TPSA) is 105 Å². The SMILES string of the molecule is C=C1CCC(N(C=O)C(=O)c2cc3c(cc2C)CN(C2CCC(NCC4CN(c5ccc(C6c7ccc(O)cc7CCC6c6ccccc6)cc5)C4)CC2)C3)C(=O)N1. The number of nitrogens with zero attached hydrogens (tertiary/aromatic N) is 3. The third kappa shape index (κ3) is 7.58. The van der Waals surface area contributed by atoms with Gasteiger partial charge in [0.2, 0.25) is 12.3 Å². The Morgan fingerprint density at radius 3 is 2.34 bits per heavy atom. The van der Waals surface area contributed by atoms with Crippen LogP contribution in [-0.2, 0) is 29.1 Å². The molecule has 3 aliphatic heterocycles. The fourth-order valence-corrected chi connectivity index (χ4v) is 10.6. The highest BCUT2D eigenvalue weighted by molar-refractivity contribution is 6.04. The van der Waals surface area contributed by atoms with Crippen LogP contribution in [0.2, 0.25) is 0 Å². The Morgan fingerprint density at radius 2 is 1.62 bits per heavy atom. The predicted molar refractivity (Wildman–Crippen MR) is 227 cm³/mol. The van der Waals surface area contributed by atoms with Crippen molar-refractivity contribution in [3.8, 4) is 5.75 Å². The van der Waals surface area contributed by atoms with Gasteiger partial charge in [0.25, 0.3) is 5.91 Å². The van der Waals surface area contributed by atoms with Crippen molar-refractivity contribution in [1.82, 2.24) is 20.4 Å². The Hall–Kier alpha value is -5.25. The zero-order chi connectivity index (χ0) is 39.9. The number of aryl methyl sites for hydroxylation is 2. The summed E-state index contributed by atoms with van der Waals surface area (Å²) in [5.41, 5.74) is 10.9. The molecule has 9 rings (SSSR count). The third-order valence-corrected chi connectivity index (χ3v) is 13.8. The molecular formula is C49H55N5O4. The second-order valence-corrected chi connectivity index (χ2v) is 17.5. The van der Waals surface area contributed by atoms with Gasteiger partial charge < -0.3 is 20.6 Å². The van der Waals surface area contributed by atoms with Crippen molar-refractivity contribution in [2.45, 2.75) is 101 Å². The van der Waals surface area contributed by atoms with E-state index in [2.05, 4.69) is 93.7 Å². The van der Waals surface area contributed by atoms with Crippen LogP contribution in [-0.4, -0.2) is 70.9 Å². The molecule has 3 heterocycles. The van der Waals surface area contributed by atoms with E-state index in [1.54, 1.807) is 0 Å². The van der Waals surface area contributed by atoms with E-state index in [-0.39, 0.29) is 11.8 Å². The highest BCUT2D eigenvalue weighted by atomic mass is 16.3. The van der Waals surface area contributed by atoms with Gasteiger partial charge in [-0.05, 0) is 133 Å². The number of carbonyl (C=O) groups is 3. The lowest BCUT2D eigenvalue weighted by Crippen LogP contribution is -2.52. The number of rotatable bonds is 10. The minimum Gasteiger partial charge on any atom is -0.508 e. The van der Waals surface area contributed by atoms with Crippen LogP contribution in [0.5, 0.6) is 5.75 Å².